The Hall–Kier alpha value is -2.63. The first kappa shape index (κ1) is 18.2. The van der Waals surface area contributed by atoms with Gasteiger partial charge >= 0.3 is 5.97 Å². The number of carbonyl (C=O) groups is 1. The number of hydroxylamine groups is 1. The molecule has 0 radical (unpaired) electrons. The van der Waals surface area contributed by atoms with Crippen molar-refractivity contribution in [1.82, 2.24) is 4.98 Å². The van der Waals surface area contributed by atoms with Gasteiger partial charge in [0.25, 0.3) is 0 Å². The van der Waals surface area contributed by atoms with E-state index in [1.54, 1.807) is 24.3 Å². The maximum atomic E-state index is 13.1. The van der Waals surface area contributed by atoms with Gasteiger partial charge in [0.2, 0.25) is 5.88 Å². The molecule has 0 amide bonds. The van der Waals surface area contributed by atoms with Crippen LogP contribution in [-0.4, -0.2) is 24.6 Å². The van der Waals surface area contributed by atoms with Crippen molar-refractivity contribution in [2.45, 2.75) is 33.6 Å². The van der Waals surface area contributed by atoms with E-state index in [1.165, 1.54) is 12.1 Å². The van der Waals surface area contributed by atoms with Crippen molar-refractivity contribution in [2.75, 3.05) is 18.7 Å². The van der Waals surface area contributed by atoms with E-state index in [-0.39, 0.29) is 11.8 Å². The smallest absolute Gasteiger partial charge is 0.337 e. The second-order valence-corrected chi connectivity index (χ2v) is 7.41. The molecule has 2 heterocycles. The number of hydrogen-bond acceptors (Lipinski definition) is 5. The summed E-state index contributed by atoms with van der Waals surface area (Å²) in [4.78, 5) is 22.4. The summed E-state index contributed by atoms with van der Waals surface area (Å²) in [5.41, 5.74) is 2.84. The Kier molecular flexibility index (Phi) is 4.85. The first-order chi connectivity index (χ1) is 12.3. The van der Waals surface area contributed by atoms with E-state index in [4.69, 9.17) is 9.57 Å². The average molecular weight is 358 g/mol. The lowest BCUT2D eigenvalue weighted by molar-refractivity contribution is -0.154. The molecule has 26 heavy (non-hydrogen) atoms. The van der Waals surface area contributed by atoms with Crippen LogP contribution >= 0.6 is 0 Å². The fourth-order valence-corrected chi connectivity index (χ4v) is 2.75. The number of fused-ring (bicyclic) bond motifs is 1. The van der Waals surface area contributed by atoms with Gasteiger partial charge in [0.05, 0.1) is 30.5 Å². The number of anilines is 1. The van der Waals surface area contributed by atoms with Crippen LogP contribution in [0.2, 0.25) is 0 Å². The molecular weight excluding hydrogens is 335 g/mol. The van der Waals surface area contributed by atoms with Crippen LogP contribution < -0.4 is 9.80 Å². The lowest BCUT2D eigenvalue weighted by atomic mass is 9.98. The average Bonchev–Trinajstić information content (AvgIpc) is 2.97. The SMILES string of the molecule is COc1nc2c(cc1Cc1ccc(F)cc1)N(OC(=O)C(C)(C)C)CC2. The van der Waals surface area contributed by atoms with E-state index in [0.29, 0.717) is 25.3 Å². The first-order valence-corrected chi connectivity index (χ1v) is 8.59. The number of hydrogen-bond donors (Lipinski definition) is 0. The largest absolute Gasteiger partial charge is 0.481 e. The molecule has 0 N–H and O–H groups in total. The van der Waals surface area contributed by atoms with Crippen LogP contribution in [0.5, 0.6) is 5.88 Å². The van der Waals surface area contributed by atoms with Gasteiger partial charge in [0.1, 0.15) is 5.82 Å². The lowest BCUT2D eigenvalue weighted by Crippen LogP contribution is -2.32. The molecule has 138 valence electrons. The maximum absolute atomic E-state index is 13.1. The quantitative estimate of drug-likeness (QED) is 0.834. The molecule has 0 spiro atoms. The minimum absolute atomic E-state index is 0.270. The standard InChI is InChI=1S/C20H23FN2O3/c1-20(2,3)19(24)26-23-10-9-16-17(23)12-14(18(22-16)25-4)11-13-5-7-15(21)8-6-13/h5-8,12H,9-11H2,1-4H3. The van der Waals surface area contributed by atoms with E-state index in [0.717, 1.165) is 22.5 Å². The van der Waals surface area contributed by atoms with Crippen LogP contribution in [0.4, 0.5) is 10.1 Å². The fraction of sp³-hybridized carbons (Fsp3) is 0.400. The molecule has 6 heteroatoms. The molecule has 1 aromatic heterocycles. The Bertz CT molecular complexity index is 813. The van der Waals surface area contributed by atoms with Gasteiger partial charge in [-0.25, -0.2) is 19.2 Å². The number of rotatable bonds is 4. The molecule has 2 aromatic rings. The summed E-state index contributed by atoms with van der Waals surface area (Å²) in [6, 6.07) is 8.27. The van der Waals surface area contributed by atoms with Gasteiger partial charge in [-0.15, -0.1) is 0 Å². The summed E-state index contributed by atoms with van der Waals surface area (Å²) >= 11 is 0. The van der Waals surface area contributed by atoms with E-state index in [9.17, 15) is 9.18 Å². The van der Waals surface area contributed by atoms with Crippen molar-refractivity contribution in [3.05, 3.63) is 53.0 Å². The summed E-state index contributed by atoms with van der Waals surface area (Å²) in [5.74, 6) is -0.0219. The van der Waals surface area contributed by atoms with Crippen LogP contribution in [0.25, 0.3) is 0 Å². The summed E-state index contributed by atoms with van der Waals surface area (Å²) < 4.78 is 18.6. The maximum Gasteiger partial charge on any atom is 0.337 e. The molecule has 1 aromatic carbocycles. The van der Waals surface area contributed by atoms with Gasteiger partial charge in [-0.05, 0) is 44.5 Å². The van der Waals surface area contributed by atoms with Gasteiger partial charge in [0, 0.05) is 18.4 Å². The van der Waals surface area contributed by atoms with Gasteiger partial charge in [-0.1, -0.05) is 12.1 Å². The van der Waals surface area contributed by atoms with Crippen molar-refractivity contribution < 1.29 is 18.8 Å². The zero-order valence-corrected chi connectivity index (χ0v) is 15.5. The molecule has 0 saturated heterocycles. The number of ether oxygens (including phenoxy) is 1. The zero-order chi connectivity index (χ0) is 18.9. The highest BCUT2D eigenvalue weighted by Gasteiger charge is 2.31. The third kappa shape index (κ3) is 3.79. The first-order valence-electron chi connectivity index (χ1n) is 8.59. The molecule has 5 nitrogen and oxygen atoms in total. The molecule has 0 unspecified atom stereocenters. The number of halogens is 1. The molecule has 0 atom stereocenters. The van der Waals surface area contributed by atoms with Crippen molar-refractivity contribution in [3.63, 3.8) is 0 Å². The second kappa shape index (κ2) is 6.94. The number of methoxy groups -OCH3 is 1. The predicted molar refractivity (Wildman–Crippen MR) is 96.6 cm³/mol. The Morgan fingerprint density at radius 3 is 2.58 bits per heavy atom. The number of nitrogens with zero attached hydrogens (tertiary/aromatic N) is 2. The Labute approximate surface area is 152 Å². The highest BCUT2D eigenvalue weighted by Crippen LogP contribution is 2.33. The van der Waals surface area contributed by atoms with E-state index < -0.39 is 5.41 Å². The molecule has 3 rings (SSSR count). The molecular formula is C20H23FN2O3. The summed E-state index contributed by atoms with van der Waals surface area (Å²) in [6.45, 7) is 6.02. The van der Waals surface area contributed by atoms with Crippen molar-refractivity contribution in [1.29, 1.82) is 0 Å². The minimum Gasteiger partial charge on any atom is -0.481 e. The van der Waals surface area contributed by atoms with Gasteiger partial charge < -0.3 is 9.57 Å². The minimum atomic E-state index is -0.584. The predicted octanol–water partition coefficient (Wildman–Crippen LogP) is 3.69. The Morgan fingerprint density at radius 2 is 1.96 bits per heavy atom. The topological polar surface area (TPSA) is 51.7 Å². The molecule has 0 fully saturated rings. The molecule has 0 saturated carbocycles. The molecule has 0 bridgehead atoms. The Balaban J connectivity index is 1.88. The third-order valence-electron chi connectivity index (χ3n) is 4.24. The van der Waals surface area contributed by atoms with Crippen molar-refractivity contribution >= 4 is 11.7 Å². The number of pyridine rings is 1. The zero-order valence-electron chi connectivity index (χ0n) is 15.5. The van der Waals surface area contributed by atoms with Gasteiger partial charge in [-0.3, -0.25) is 0 Å². The number of aromatic nitrogens is 1. The third-order valence-corrected chi connectivity index (χ3v) is 4.24. The van der Waals surface area contributed by atoms with Crippen LogP contribution in [0.3, 0.4) is 0 Å². The highest BCUT2D eigenvalue weighted by molar-refractivity contribution is 5.77. The lowest BCUT2D eigenvalue weighted by Gasteiger charge is -2.24. The van der Waals surface area contributed by atoms with E-state index in [2.05, 4.69) is 4.98 Å². The highest BCUT2D eigenvalue weighted by atomic mass is 19.1. The Morgan fingerprint density at radius 1 is 1.27 bits per heavy atom. The summed E-state index contributed by atoms with van der Waals surface area (Å²) in [5, 5.41) is 1.60. The van der Waals surface area contributed by atoms with E-state index >= 15 is 0 Å². The van der Waals surface area contributed by atoms with Crippen molar-refractivity contribution in [2.24, 2.45) is 5.41 Å². The van der Waals surface area contributed by atoms with Crippen LogP contribution in [0.1, 0.15) is 37.6 Å². The normalized spacial score (nSPS) is 13.5. The number of carbonyl (C=O) groups excluding carboxylic acids is 1. The molecule has 1 aliphatic heterocycles. The number of benzene rings is 1. The molecule has 1 aliphatic rings. The van der Waals surface area contributed by atoms with Crippen LogP contribution in [0.15, 0.2) is 30.3 Å². The monoisotopic (exact) mass is 358 g/mol. The van der Waals surface area contributed by atoms with Gasteiger partial charge in [-0.2, -0.15) is 0 Å². The van der Waals surface area contributed by atoms with Crippen LogP contribution in [0, 0.1) is 11.2 Å². The van der Waals surface area contributed by atoms with Gasteiger partial charge in [0.15, 0.2) is 0 Å². The van der Waals surface area contributed by atoms with Crippen molar-refractivity contribution in [3.8, 4) is 5.88 Å². The van der Waals surface area contributed by atoms with Crippen LogP contribution in [-0.2, 0) is 22.5 Å². The molecule has 0 aliphatic carbocycles. The second-order valence-electron chi connectivity index (χ2n) is 7.41. The van der Waals surface area contributed by atoms with E-state index in [1.807, 2.05) is 26.8 Å². The fourth-order valence-electron chi connectivity index (χ4n) is 2.75. The summed E-state index contributed by atoms with van der Waals surface area (Å²) in [7, 11) is 1.58. The summed E-state index contributed by atoms with van der Waals surface area (Å²) in [6.07, 6.45) is 1.23.